The molecule has 1 atom stereocenters. The van der Waals surface area contributed by atoms with Gasteiger partial charge in [0.2, 0.25) is 5.91 Å². The first-order valence-corrected chi connectivity index (χ1v) is 10.5. The average Bonchev–Trinajstić information content (AvgIpc) is 3.31. The zero-order chi connectivity index (χ0) is 20.1. The normalized spacial score (nSPS) is 12.3. The van der Waals surface area contributed by atoms with Crippen LogP contribution in [0.15, 0.2) is 41.8 Å². The van der Waals surface area contributed by atoms with Crippen LogP contribution in [0, 0.1) is 4.77 Å². The quantitative estimate of drug-likeness (QED) is 0.522. The highest BCUT2D eigenvalue weighted by molar-refractivity contribution is 7.71. The third-order valence-electron chi connectivity index (χ3n) is 4.44. The Bertz CT molecular complexity index is 980. The molecule has 2 aromatic heterocycles. The van der Waals surface area contributed by atoms with Crippen molar-refractivity contribution in [2.45, 2.75) is 19.0 Å². The second-order valence-corrected chi connectivity index (χ2v) is 8.28. The fourth-order valence-electron chi connectivity index (χ4n) is 2.95. The molecule has 0 radical (unpaired) electrons. The van der Waals surface area contributed by atoms with Crippen LogP contribution in [0.2, 0.25) is 5.02 Å². The van der Waals surface area contributed by atoms with Crippen molar-refractivity contribution in [1.29, 1.82) is 0 Å². The molecule has 3 rings (SSSR count). The summed E-state index contributed by atoms with van der Waals surface area (Å²) in [4.78, 5) is 15.5. The maximum atomic E-state index is 12.5. The van der Waals surface area contributed by atoms with E-state index in [0.29, 0.717) is 29.3 Å². The molecule has 3 aromatic rings. The van der Waals surface area contributed by atoms with E-state index in [4.69, 9.17) is 23.8 Å². The molecule has 0 saturated carbocycles. The second-order valence-electron chi connectivity index (χ2n) is 6.54. The molecule has 0 unspecified atom stereocenters. The molecule has 0 fully saturated rings. The van der Waals surface area contributed by atoms with E-state index in [1.807, 2.05) is 65.3 Å². The van der Waals surface area contributed by atoms with Crippen molar-refractivity contribution in [2.24, 2.45) is 0 Å². The molecule has 1 aromatic carbocycles. The standard InChI is InChI=1S/C19H22ClN5OS2/c1-24(2)15(13-6-3-4-7-14(13)20)12-21-17(26)9-10-25-18(22-23-19(25)27)16-8-5-11-28-16/h3-8,11,15H,9-10,12H2,1-2H3,(H,21,26)(H,23,27)/t15-/m0/s1. The summed E-state index contributed by atoms with van der Waals surface area (Å²) in [5.74, 6) is 0.717. The minimum absolute atomic E-state index is 0.00424. The monoisotopic (exact) mass is 435 g/mol. The van der Waals surface area contributed by atoms with E-state index in [1.54, 1.807) is 11.3 Å². The van der Waals surface area contributed by atoms with E-state index in [9.17, 15) is 4.79 Å². The van der Waals surface area contributed by atoms with E-state index in [0.717, 1.165) is 16.3 Å². The average molecular weight is 436 g/mol. The van der Waals surface area contributed by atoms with E-state index in [1.165, 1.54) is 0 Å². The highest BCUT2D eigenvalue weighted by Crippen LogP contribution is 2.25. The van der Waals surface area contributed by atoms with Gasteiger partial charge in [0.15, 0.2) is 10.6 Å². The SMILES string of the molecule is CN(C)[C@@H](CNC(=O)CCn1c(-c2cccs2)n[nH]c1=S)c1ccccc1Cl. The molecule has 1 amide bonds. The zero-order valence-corrected chi connectivity index (χ0v) is 18.1. The molecule has 0 aliphatic rings. The number of thiophene rings is 1. The molecule has 28 heavy (non-hydrogen) atoms. The Morgan fingerprint density at radius 2 is 2.14 bits per heavy atom. The predicted octanol–water partition coefficient (Wildman–Crippen LogP) is 4.13. The number of hydrogen-bond donors (Lipinski definition) is 2. The lowest BCUT2D eigenvalue weighted by Gasteiger charge is -2.26. The Kier molecular flexibility index (Phi) is 7.01. The van der Waals surface area contributed by atoms with Crippen molar-refractivity contribution in [1.82, 2.24) is 25.0 Å². The molecule has 2 N–H and O–H groups in total. The van der Waals surface area contributed by atoms with Crippen LogP contribution in [-0.4, -0.2) is 46.2 Å². The first kappa shape index (κ1) is 20.7. The van der Waals surface area contributed by atoms with Crippen LogP contribution in [0.3, 0.4) is 0 Å². The van der Waals surface area contributed by atoms with E-state index >= 15 is 0 Å². The molecular formula is C19H22ClN5OS2. The van der Waals surface area contributed by atoms with Crippen LogP contribution >= 0.6 is 35.2 Å². The highest BCUT2D eigenvalue weighted by Gasteiger charge is 2.18. The smallest absolute Gasteiger partial charge is 0.221 e. The van der Waals surface area contributed by atoms with Crippen LogP contribution in [-0.2, 0) is 11.3 Å². The van der Waals surface area contributed by atoms with Crippen LogP contribution in [0.1, 0.15) is 18.0 Å². The first-order valence-electron chi connectivity index (χ1n) is 8.84. The van der Waals surface area contributed by atoms with Gasteiger partial charge in [0.05, 0.1) is 10.9 Å². The topological polar surface area (TPSA) is 66.0 Å². The lowest BCUT2D eigenvalue weighted by atomic mass is 10.1. The van der Waals surface area contributed by atoms with Crippen LogP contribution in [0.4, 0.5) is 0 Å². The minimum atomic E-state index is -0.0425. The third-order valence-corrected chi connectivity index (χ3v) is 5.96. The Labute approximate surface area is 178 Å². The number of amides is 1. The summed E-state index contributed by atoms with van der Waals surface area (Å²) in [6, 6.07) is 11.6. The molecule has 148 valence electrons. The lowest BCUT2D eigenvalue weighted by Crippen LogP contribution is -2.35. The number of aromatic nitrogens is 3. The van der Waals surface area contributed by atoms with Gasteiger partial charge in [-0.1, -0.05) is 35.9 Å². The molecule has 0 spiro atoms. The fraction of sp³-hybridized carbons (Fsp3) is 0.316. The van der Waals surface area contributed by atoms with Gasteiger partial charge in [-0.2, -0.15) is 5.10 Å². The summed E-state index contributed by atoms with van der Waals surface area (Å²) in [6.45, 7) is 0.942. The number of nitrogens with zero attached hydrogens (tertiary/aromatic N) is 3. The summed E-state index contributed by atoms with van der Waals surface area (Å²) in [5, 5.41) is 12.8. The van der Waals surface area contributed by atoms with Crippen molar-refractivity contribution >= 4 is 41.1 Å². The van der Waals surface area contributed by atoms with Gasteiger partial charge in [-0.25, -0.2) is 0 Å². The minimum Gasteiger partial charge on any atom is -0.354 e. The number of likely N-dealkylation sites (N-methyl/N-ethyl adjacent to an activating group) is 1. The number of nitrogens with one attached hydrogen (secondary N) is 2. The van der Waals surface area contributed by atoms with Gasteiger partial charge >= 0.3 is 0 Å². The van der Waals surface area contributed by atoms with Crippen molar-refractivity contribution in [2.75, 3.05) is 20.6 Å². The van der Waals surface area contributed by atoms with E-state index in [-0.39, 0.29) is 11.9 Å². The van der Waals surface area contributed by atoms with Crippen LogP contribution < -0.4 is 5.32 Å². The number of aromatic amines is 1. The summed E-state index contributed by atoms with van der Waals surface area (Å²) < 4.78 is 2.37. The number of H-pyrrole nitrogens is 1. The number of hydrogen-bond acceptors (Lipinski definition) is 5. The van der Waals surface area contributed by atoms with Gasteiger partial charge in [-0.15, -0.1) is 11.3 Å². The van der Waals surface area contributed by atoms with Gasteiger partial charge in [-0.3, -0.25) is 14.5 Å². The van der Waals surface area contributed by atoms with Gasteiger partial charge in [0.1, 0.15) is 0 Å². The maximum Gasteiger partial charge on any atom is 0.221 e. The summed E-state index contributed by atoms with van der Waals surface area (Å²) >= 11 is 13.2. The number of benzene rings is 1. The Hall–Kier alpha value is -2.00. The Balaban J connectivity index is 1.61. The zero-order valence-electron chi connectivity index (χ0n) is 15.7. The summed E-state index contributed by atoms with van der Waals surface area (Å²) in [5.41, 5.74) is 0.992. The molecule has 2 heterocycles. The number of carbonyl (C=O) groups is 1. The van der Waals surface area contributed by atoms with Crippen molar-refractivity contribution in [3.05, 3.63) is 57.1 Å². The second kappa shape index (κ2) is 9.47. The van der Waals surface area contributed by atoms with Crippen molar-refractivity contribution in [3.8, 4) is 10.7 Å². The maximum absolute atomic E-state index is 12.5. The van der Waals surface area contributed by atoms with Crippen molar-refractivity contribution < 1.29 is 4.79 Å². The van der Waals surface area contributed by atoms with E-state index in [2.05, 4.69) is 15.5 Å². The van der Waals surface area contributed by atoms with E-state index < -0.39 is 0 Å². The molecular weight excluding hydrogens is 414 g/mol. The molecule has 9 heteroatoms. The van der Waals surface area contributed by atoms with Crippen molar-refractivity contribution in [3.63, 3.8) is 0 Å². The Morgan fingerprint density at radius 3 is 2.82 bits per heavy atom. The summed E-state index contributed by atoms with van der Waals surface area (Å²) in [7, 11) is 3.94. The summed E-state index contributed by atoms with van der Waals surface area (Å²) in [6.07, 6.45) is 0.314. The number of carbonyl (C=O) groups excluding carboxylic acids is 1. The van der Waals surface area contributed by atoms with Gasteiger partial charge < -0.3 is 10.2 Å². The Morgan fingerprint density at radius 1 is 1.36 bits per heavy atom. The largest absolute Gasteiger partial charge is 0.354 e. The number of halogens is 1. The van der Waals surface area contributed by atoms with Crippen LogP contribution in [0.5, 0.6) is 0 Å². The third kappa shape index (κ3) is 4.88. The fourth-order valence-corrected chi connectivity index (χ4v) is 4.15. The van der Waals surface area contributed by atoms with Gasteiger partial charge in [0, 0.05) is 24.5 Å². The molecule has 0 bridgehead atoms. The molecule has 0 saturated heterocycles. The lowest BCUT2D eigenvalue weighted by molar-refractivity contribution is -0.121. The van der Waals surface area contributed by atoms with Gasteiger partial charge in [-0.05, 0) is 49.4 Å². The molecule has 0 aliphatic carbocycles. The molecule has 6 nitrogen and oxygen atoms in total. The number of rotatable bonds is 8. The first-order chi connectivity index (χ1) is 13.5. The van der Waals surface area contributed by atoms with Crippen LogP contribution in [0.25, 0.3) is 10.7 Å². The predicted molar refractivity (Wildman–Crippen MR) is 116 cm³/mol. The highest BCUT2D eigenvalue weighted by atomic mass is 35.5. The molecule has 0 aliphatic heterocycles. The van der Waals surface area contributed by atoms with Gasteiger partial charge in [0.25, 0.3) is 0 Å².